The minimum atomic E-state index is -2.93. The van der Waals surface area contributed by atoms with Crippen molar-refractivity contribution in [3.63, 3.8) is 0 Å². The minimum Gasteiger partial charge on any atom is -0.510 e. The van der Waals surface area contributed by atoms with E-state index >= 15 is 0 Å². The van der Waals surface area contributed by atoms with Gasteiger partial charge in [-0.3, -0.25) is 19.3 Å². The number of benzene rings is 1. The molecule has 3 aliphatic carbocycles. The van der Waals surface area contributed by atoms with E-state index in [2.05, 4.69) is 0 Å². The van der Waals surface area contributed by atoms with Crippen LogP contribution in [0.5, 0.6) is 5.75 Å². The van der Waals surface area contributed by atoms with Gasteiger partial charge in [-0.25, -0.2) is 0 Å². The number of aliphatic hydroxyl groups is 4. The van der Waals surface area contributed by atoms with Crippen molar-refractivity contribution in [2.24, 2.45) is 17.6 Å². The molecule has 0 aromatic heterocycles. The van der Waals surface area contributed by atoms with E-state index in [1.165, 1.54) is 19.0 Å². The zero-order valence-electron chi connectivity index (χ0n) is 19.0. The highest BCUT2D eigenvalue weighted by molar-refractivity contribution is 6.25. The number of carbonyl (C=O) groups is 3. The van der Waals surface area contributed by atoms with Crippen LogP contribution in [0.3, 0.4) is 0 Å². The topological polar surface area (TPSA) is 208 Å². The number of likely N-dealkylation sites (N-methyl/N-ethyl adjacent to an activating group) is 1. The predicted molar refractivity (Wildman–Crippen MR) is 119 cm³/mol. The molecule has 1 aromatic rings. The first kappa shape index (κ1) is 23.7. The highest BCUT2D eigenvalue weighted by Gasteiger charge is 2.67. The largest absolute Gasteiger partial charge is 0.510 e. The Hall–Kier alpha value is -3.41. The summed E-state index contributed by atoms with van der Waals surface area (Å²) < 4.78 is 0. The average molecular weight is 473 g/mol. The Bertz CT molecular complexity index is 1230. The number of hydrogen-bond acceptors (Lipinski definition) is 10. The van der Waals surface area contributed by atoms with E-state index in [1.54, 1.807) is 19.9 Å². The van der Waals surface area contributed by atoms with Crippen molar-refractivity contribution < 1.29 is 39.9 Å². The number of phenolic OH excluding ortho intramolecular Hbond substituents is 1. The second-order valence-electron chi connectivity index (χ2n) is 9.47. The van der Waals surface area contributed by atoms with Gasteiger partial charge in [0.25, 0.3) is 5.91 Å². The summed E-state index contributed by atoms with van der Waals surface area (Å²) in [7, 11) is 2.96. The van der Waals surface area contributed by atoms with Gasteiger partial charge in [0.05, 0.1) is 29.3 Å². The number of primary amides is 1. The summed E-state index contributed by atoms with van der Waals surface area (Å²) in [4.78, 5) is 40.2. The van der Waals surface area contributed by atoms with Crippen molar-refractivity contribution in [3.8, 4) is 5.75 Å². The van der Waals surface area contributed by atoms with Crippen molar-refractivity contribution in [2.45, 2.75) is 37.5 Å². The number of nitrogens with two attached hydrogens (primary N) is 2. The standard InChI is InChI=1S/C23H27N3O8/c1-6-5-8-7(2)9-11(16(27)10(8)18(29)14(6)24)20(31)23(34)13(17(9)28)15(26(3)4)19(30)12(21(23)32)22(25)33/h5,7,9,13,15,17,28-31,34H,24H2,1-4H3,(H2,25,33). The van der Waals surface area contributed by atoms with Crippen LogP contribution in [0, 0.1) is 18.8 Å². The summed E-state index contributed by atoms with van der Waals surface area (Å²) in [6.45, 7) is 3.30. The molecule has 0 bridgehead atoms. The fraction of sp³-hybridized carbons (Fsp3) is 0.435. The molecule has 6 unspecified atom stereocenters. The van der Waals surface area contributed by atoms with E-state index in [4.69, 9.17) is 11.5 Å². The van der Waals surface area contributed by atoms with Gasteiger partial charge in [0.15, 0.2) is 11.4 Å². The third-order valence-electron chi connectivity index (χ3n) is 7.50. The molecule has 11 nitrogen and oxygen atoms in total. The molecule has 0 radical (unpaired) electrons. The molecule has 1 amide bonds. The van der Waals surface area contributed by atoms with Crippen LogP contribution >= 0.6 is 0 Å². The third kappa shape index (κ3) is 2.65. The van der Waals surface area contributed by atoms with Crippen molar-refractivity contribution in [1.82, 2.24) is 4.90 Å². The van der Waals surface area contributed by atoms with Crippen LogP contribution in [0.1, 0.15) is 34.3 Å². The van der Waals surface area contributed by atoms with Crippen LogP contribution in [0.15, 0.2) is 28.7 Å². The van der Waals surface area contributed by atoms with Crippen molar-refractivity contribution in [1.29, 1.82) is 0 Å². The molecule has 1 aromatic carbocycles. The molecule has 0 saturated heterocycles. The number of aliphatic hydroxyl groups excluding tert-OH is 3. The quantitative estimate of drug-likeness (QED) is 0.167. The number of Topliss-reactive ketones (excluding diaryl/α,β-unsaturated/α-hetero) is 2. The summed E-state index contributed by atoms with van der Waals surface area (Å²) in [5.74, 6) is -9.33. The Morgan fingerprint density at radius 2 is 1.76 bits per heavy atom. The molecule has 11 heteroatoms. The molecule has 9 N–H and O–H groups in total. The smallest absolute Gasteiger partial charge is 0.255 e. The van der Waals surface area contributed by atoms with Crippen LogP contribution in [0.4, 0.5) is 5.69 Å². The van der Waals surface area contributed by atoms with Gasteiger partial charge in [-0.05, 0) is 38.1 Å². The van der Waals surface area contributed by atoms with Crippen LogP contribution in [-0.2, 0) is 9.59 Å². The van der Waals surface area contributed by atoms with E-state index in [9.17, 15) is 39.9 Å². The molecule has 3 aliphatic rings. The summed E-state index contributed by atoms with van der Waals surface area (Å²) >= 11 is 0. The second kappa shape index (κ2) is 7.29. The fourth-order valence-corrected chi connectivity index (χ4v) is 5.84. The molecule has 0 fully saturated rings. The van der Waals surface area contributed by atoms with Crippen molar-refractivity contribution in [2.75, 3.05) is 19.8 Å². The molecule has 0 saturated carbocycles. The number of carbonyl (C=O) groups excluding carboxylic acids is 3. The maximum Gasteiger partial charge on any atom is 0.255 e. The van der Waals surface area contributed by atoms with Gasteiger partial charge < -0.3 is 37.0 Å². The first-order valence-corrected chi connectivity index (χ1v) is 10.6. The summed E-state index contributed by atoms with van der Waals surface area (Å²) in [5.41, 5.74) is 7.46. The lowest BCUT2D eigenvalue weighted by Crippen LogP contribution is -2.68. The summed E-state index contributed by atoms with van der Waals surface area (Å²) in [6, 6.07) is 0.306. The Kier molecular flexibility index (Phi) is 5.09. The molecule has 0 aliphatic heterocycles. The van der Waals surface area contributed by atoms with Gasteiger partial charge in [0.2, 0.25) is 5.78 Å². The molecular weight excluding hydrogens is 446 g/mol. The Morgan fingerprint density at radius 3 is 2.29 bits per heavy atom. The summed E-state index contributed by atoms with van der Waals surface area (Å²) in [6.07, 6.45) is -1.63. The van der Waals surface area contributed by atoms with E-state index in [-0.39, 0.29) is 11.3 Å². The number of anilines is 1. The molecule has 34 heavy (non-hydrogen) atoms. The maximum atomic E-state index is 13.5. The number of aromatic hydroxyl groups is 1. The highest BCUT2D eigenvalue weighted by atomic mass is 16.4. The number of ketones is 2. The molecule has 182 valence electrons. The normalized spacial score (nSPS) is 33.1. The SMILES string of the molecule is Cc1cc2c(c(O)c1N)C(=O)C1=C(O)C3(O)C(=O)C(C(N)=O)=C(O)C(N(C)C)C3C(O)C1C2C. The number of fused-ring (bicyclic) bond motifs is 3. The average Bonchev–Trinajstić information content (AvgIpc) is 2.74. The number of nitrogen functional groups attached to an aromatic ring is 1. The van der Waals surface area contributed by atoms with Crippen LogP contribution in [0.25, 0.3) is 0 Å². The van der Waals surface area contributed by atoms with E-state index in [1.807, 2.05) is 0 Å². The zero-order valence-corrected chi connectivity index (χ0v) is 19.0. The van der Waals surface area contributed by atoms with Crippen LogP contribution < -0.4 is 11.5 Å². The van der Waals surface area contributed by atoms with Gasteiger partial charge in [-0.15, -0.1) is 0 Å². The van der Waals surface area contributed by atoms with Crippen LogP contribution in [0.2, 0.25) is 0 Å². The predicted octanol–water partition coefficient (Wildman–Crippen LogP) is -0.457. The lowest BCUT2D eigenvalue weighted by molar-refractivity contribution is -0.162. The number of nitrogens with zero attached hydrogens (tertiary/aromatic N) is 1. The van der Waals surface area contributed by atoms with Gasteiger partial charge in [-0.2, -0.15) is 0 Å². The molecular formula is C23H27N3O8. The minimum absolute atomic E-state index is 0.0453. The first-order valence-electron chi connectivity index (χ1n) is 10.6. The first-order chi connectivity index (χ1) is 15.7. The van der Waals surface area contributed by atoms with E-state index < -0.39 is 81.4 Å². The van der Waals surface area contributed by atoms with Gasteiger partial charge in [0.1, 0.15) is 22.8 Å². The molecule has 0 spiro atoms. The molecule has 0 heterocycles. The lowest BCUT2D eigenvalue weighted by atomic mass is 9.55. The number of rotatable bonds is 2. The second-order valence-corrected chi connectivity index (χ2v) is 9.47. The van der Waals surface area contributed by atoms with Gasteiger partial charge in [-0.1, -0.05) is 13.0 Å². The Balaban J connectivity index is 2.07. The van der Waals surface area contributed by atoms with Crippen molar-refractivity contribution in [3.05, 3.63) is 45.4 Å². The lowest BCUT2D eigenvalue weighted by Gasteiger charge is -2.53. The maximum absolute atomic E-state index is 13.5. The fourth-order valence-electron chi connectivity index (χ4n) is 5.84. The summed E-state index contributed by atoms with van der Waals surface area (Å²) in [5, 5.41) is 55.7. The number of phenols is 1. The number of amides is 1. The van der Waals surface area contributed by atoms with Gasteiger partial charge in [0, 0.05) is 11.5 Å². The molecule has 4 rings (SSSR count). The third-order valence-corrected chi connectivity index (χ3v) is 7.50. The van der Waals surface area contributed by atoms with E-state index in [0.29, 0.717) is 11.1 Å². The number of hydrogen-bond donors (Lipinski definition) is 7. The highest BCUT2D eigenvalue weighted by Crippen LogP contribution is 2.56. The number of aryl methyl sites for hydroxylation is 1. The zero-order chi connectivity index (χ0) is 25.6. The van der Waals surface area contributed by atoms with Gasteiger partial charge >= 0.3 is 0 Å². The Labute approximate surface area is 194 Å². The van der Waals surface area contributed by atoms with E-state index in [0.717, 1.165) is 0 Å². The monoisotopic (exact) mass is 473 g/mol. The van der Waals surface area contributed by atoms with Crippen LogP contribution in [-0.4, -0.2) is 79.7 Å². The Morgan fingerprint density at radius 1 is 1.18 bits per heavy atom. The molecule has 6 atom stereocenters. The van der Waals surface area contributed by atoms with Crippen molar-refractivity contribution >= 4 is 23.2 Å².